The van der Waals surface area contributed by atoms with Crippen LogP contribution >= 0.6 is 0 Å². The smallest absolute Gasteiger partial charge is 1.00 e. The van der Waals surface area contributed by atoms with Crippen LogP contribution in [0.15, 0.2) is 30.3 Å². The van der Waals surface area contributed by atoms with E-state index in [1.807, 2.05) is 0 Å². The Morgan fingerprint density at radius 1 is 1.17 bits per heavy atom. The van der Waals surface area contributed by atoms with Crippen LogP contribution in [0.25, 0.3) is 0 Å². The van der Waals surface area contributed by atoms with Gasteiger partial charge in [-0.25, -0.2) is 0 Å². The van der Waals surface area contributed by atoms with E-state index in [9.17, 15) is 0 Å². The van der Waals surface area contributed by atoms with E-state index in [1.54, 1.807) is 0 Å². The molecule has 0 nitrogen and oxygen atoms in total. The molecule has 0 radical (unpaired) electrons. The normalized spacial score (nSPS) is 8.92. The van der Waals surface area contributed by atoms with Crippen LogP contribution < -0.4 is 4.70 Å². The maximum absolute atomic E-state index is 2.30. The van der Waals surface area contributed by atoms with Crippen LogP contribution in [-0.2, 0) is 5.28 Å². The molecule has 0 fully saturated rings. The van der Waals surface area contributed by atoms with Crippen LogP contribution in [0.4, 0.5) is 0 Å². The van der Waals surface area contributed by atoms with Gasteiger partial charge in [0.1, 0.15) is 0 Å². The quantitative estimate of drug-likeness (QED) is 0.561. The molecule has 1 aromatic rings. The molecule has 0 amide bonds. The number of hydrogen-bond acceptors (Lipinski definition) is 0. The third-order valence-corrected chi connectivity index (χ3v) is 3.32. The van der Waals surface area contributed by atoms with E-state index in [0.717, 1.165) is 4.78 Å². The van der Waals surface area contributed by atoms with Gasteiger partial charge in [0, 0.05) is 0 Å². The molecule has 0 N–H and O–H groups in total. The summed E-state index contributed by atoms with van der Waals surface area (Å²) in [5, 5.41) is 1.30. The first-order chi connectivity index (χ1) is 5.29. The molecule has 0 saturated carbocycles. The molecular formula is C10H14AlF. The average molecular weight is 180 g/mol. The molecule has 1 rings (SSSR count). The molecule has 0 unspecified atom stereocenters. The van der Waals surface area contributed by atoms with Crippen LogP contribution in [0.1, 0.15) is 19.4 Å². The van der Waals surface area contributed by atoms with Gasteiger partial charge < -0.3 is 4.70 Å². The molecular weight excluding hydrogens is 166 g/mol. The summed E-state index contributed by atoms with van der Waals surface area (Å²) in [7, 11) is 0. The topological polar surface area (TPSA) is 0 Å². The van der Waals surface area contributed by atoms with Crippen molar-refractivity contribution in [3.8, 4) is 0 Å². The predicted octanol–water partition coefficient (Wildman–Crippen LogP) is -0.277. The zero-order valence-corrected chi connectivity index (χ0v) is 8.78. The SMILES string of the molecule is C[CH](C)[Al+][CH2]c1ccccc1.[F-]. The van der Waals surface area contributed by atoms with Crippen molar-refractivity contribution in [1.29, 1.82) is 0 Å². The van der Waals surface area contributed by atoms with E-state index in [2.05, 4.69) is 44.2 Å². The van der Waals surface area contributed by atoms with Crippen LogP contribution in [0.2, 0.25) is 4.78 Å². The van der Waals surface area contributed by atoms with Crippen molar-refractivity contribution in [2.24, 2.45) is 0 Å². The van der Waals surface area contributed by atoms with Gasteiger partial charge in [0.2, 0.25) is 0 Å². The standard InChI is InChI=1S/C7H7.C3H7.Al.FH/c1-7-5-3-2-4-6-7;1-3-2;;/h2-6H,1H2;3H,1-2H3;;1H/q;;+1;/p-1. The van der Waals surface area contributed by atoms with Crippen molar-refractivity contribution >= 4 is 15.2 Å². The maximum Gasteiger partial charge on any atom is -1.00 e. The predicted molar refractivity (Wildman–Crippen MR) is 51.0 cm³/mol. The van der Waals surface area contributed by atoms with Crippen molar-refractivity contribution in [3.63, 3.8) is 0 Å². The van der Waals surface area contributed by atoms with Gasteiger partial charge in [0.05, 0.1) is 0 Å². The molecule has 0 aromatic heterocycles. The Hall–Kier alpha value is -0.318. The van der Waals surface area contributed by atoms with Gasteiger partial charge in [0.25, 0.3) is 0 Å². The monoisotopic (exact) mass is 180 g/mol. The molecule has 64 valence electrons. The van der Waals surface area contributed by atoms with Crippen molar-refractivity contribution in [3.05, 3.63) is 35.9 Å². The van der Waals surface area contributed by atoms with Crippen molar-refractivity contribution in [1.82, 2.24) is 0 Å². The molecule has 1 aromatic carbocycles. The van der Waals surface area contributed by atoms with Gasteiger partial charge in [0.15, 0.2) is 0 Å². The van der Waals surface area contributed by atoms with E-state index < -0.39 is 0 Å². The first-order valence-corrected chi connectivity index (χ1v) is 5.64. The first kappa shape index (κ1) is 11.7. The van der Waals surface area contributed by atoms with Gasteiger partial charge in [-0.1, -0.05) is 0 Å². The Balaban J connectivity index is 0.00000121. The molecule has 0 aliphatic heterocycles. The third kappa shape index (κ3) is 4.54. The van der Waals surface area contributed by atoms with Gasteiger partial charge in [-0.3, -0.25) is 0 Å². The molecule has 2 heteroatoms. The molecule has 0 saturated heterocycles. The van der Waals surface area contributed by atoms with Crippen LogP contribution in [0.5, 0.6) is 0 Å². The fourth-order valence-corrected chi connectivity index (χ4v) is 2.00. The molecule has 0 aliphatic carbocycles. The zero-order chi connectivity index (χ0) is 8.10. The number of halogens is 1. The summed E-state index contributed by atoms with van der Waals surface area (Å²) < 4.78 is 0.898. The Labute approximate surface area is 80.1 Å². The summed E-state index contributed by atoms with van der Waals surface area (Å²) in [6, 6.07) is 10.8. The number of hydrogen-bond donors (Lipinski definition) is 0. The number of rotatable bonds is 3. The minimum atomic E-state index is 0. The zero-order valence-electron chi connectivity index (χ0n) is 7.63. The molecule has 0 bridgehead atoms. The molecule has 0 aliphatic rings. The summed E-state index contributed by atoms with van der Waals surface area (Å²) in [6.07, 6.45) is 0. The first-order valence-electron chi connectivity index (χ1n) is 4.16. The average Bonchev–Trinajstić information content (AvgIpc) is 2.03. The Morgan fingerprint density at radius 3 is 2.25 bits per heavy atom. The van der Waals surface area contributed by atoms with Crippen molar-refractivity contribution in [2.45, 2.75) is 23.9 Å². The number of benzene rings is 1. The third-order valence-electron chi connectivity index (χ3n) is 1.67. The second-order valence-electron chi connectivity index (χ2n) is 3.17. The Morgan fingerprint density at radius 2 is 1.75 bits per heavy atom. The van der Waals surface area contributed by atoms with Gasteiger partial charge in [-0.2, -0.15) is 0 Å². The molecule has 0 heterocycles. The second-order valence-corrected chi connectivity index (χ2v) is 5.38. The van der Waals surface area contributed by atoms with E-state index in [-0.39, 0.29) is 4.70 Å². The maximum atomic E-state index is 2.30. The van der Waals surface area contributed by atoms with Crippen molar-refractivity contribution < 1.29 is 4.70 Å². The van der Waals surface area contributed by atoms with E-state index >= 15 is 0 Å². The molecule has 12 heavy (non-hydrogen) atoms. The fraction of sp³-hybridized carbons (Fsp3) is 0.400. The van der Waals surface area contributed by atoms with Crippen LogP contribution in [0, 0.1) is 0 Å². The summed E-state index contributed by atoms with van der Waals surface area (Å²) in [5.74, 6) is 0. The Bertz CT molecular complexity index is 196. The summed E-state index contributed by atoms with van der Waals surface area (Å²) in [5.41, 5.74) is 1.50. The van der Waals surface area contributed by atoms with Crippen LogP contribution in [0.3, 0.4) is 0 Å². The van der Waals surface area contributed by atoms with Crippen molar-refractivity contribution in [2.75, 3.05) is 0 Å². The molecule has 0 atom stereocenters. The minimum Gasteiger partial charge on any atom is -1.00 e. The van der Waals surface area contributed by atoms with Crippen LogP contribution in [-0.4, -0.2) is 15.2 Å². The largest absolute Gasteiger partial charge is 1.00 e. The van der Waals surface area contributed by atoms with Gasteiger partial charge >= 0.3 is 75.0 Å². The summed E-state index contributed by atoms with van der Waals surface area (Å²) >= 11 is 0.607. The van der Waals surface area contributed by atoms with E-state index in [1.165, 1.54) is 10.8 Å². The van der Waals surface area contributed by atoms with Gasteiger partial charge in [-0.05, 0) is 0 Å². The molecule has 0 spiro atoms. The van der Waals surface area contributed by atoms with E-state index in [0.29, 0.717) is 15.2 Å². The summed E-state index contributed by atoms with van der Waals surface area (Å²) in [4.78, 5) is 0. The minimum absolute atomic E-state index is 0. The summed E-state index contributed by atoms with van der Waals surface area (Å²) in [6.45, 7) is 4.61. The van der Waals surface area contributed by atoms with Gasteiger partial charge in [-0.15, -0.1) is 0 Å². The Kier molecular flexibility index (Phi) is 6.06. The fourth-order valence-electron chi connectivity index (χ4n) is 0.986. The second kappa shape index (κ2) is 6.23. The van der Waals surface area contributed by atoms with E-state index in [4.69, 9.17) is 0 Å².